The number of amides is 1. The zero-order valence-corrected chi connectivity index (χ0v) is 11.8. The number of hydrogen-bond donors (Lipinski definition) is 2. The smallest absolute Gasteiger partial charge is 0.252 e. The second-order valence-corrected chi connectivity index (χ2v) is 4.76. The molecule has 21 heavy (non-hydrogen) atoms. The normalized spacial score (nSPS) is 10.1. The van der Waals surface area contributed by atoms with Crippen molar-refractivity contribution in [2.45, 2.75) is 19.4 Å². The van der Waals surface area contributed by atoms with Crippen molar-refractivity contribution < 1.29 is 4.79 Å². The number of hydrogen-bond acceptors (Lipinski definition) is 5. The Kier molecular flexibility index (Phi) is 4.74. The van der Waals surface area contributed by atoms with Crippen molar-refractivity contribution in [3.05, 3.63) is 35.4 Å². The molecule has 0 saturated carbocycles. The van der Waals surface area contributed by atoms with Gasteiger partial charge in [-0.15, -0.1) is 5.10 Å². The summed E-state index contributed by atoms with van der Waals surface area (Å²) in [5, 5.41) is 15.7. The van der Waals surface area contributed by atoms with E-state index in [4.69, 9.17) is 22.6 Å². The molecule has 0 aliphatic carbocycles. The number of rotatable bonds is 5. The zero-order valence-electron chi connectivity index (χ0n) is 11.1. The highest BCUT2D eigenvalue weighted by Crippen LogP contribution is 2.23. The van der Waals surface area contributed by atoms with E-state index in [9.17, 15) is 4.79 Å². The fourth-order valence-corrected chi connectivity index (χ4v) is 1.88. The van der Waals surface area contributed by atoms with Crippen molar-refractivity contribution in [2.24, 2.45) is 0 Å². The van der Waals surface area contributed by atoms with Crippen LogP contribution in [0, 0.1) is 11.3 Å². The van der Waals surface area contributed by atoms with E-state index < -0.39 is 0 Å². The number of aromatic nitrogens is 3. The number of carbonyl (C=O) groups is 1. The maximum absolute atomic E-state index is 11.8. The fraction of sp³-hybridized carbons (Fsp3) is 0.231. The maximum atomic E-state index is 11.8. The first-order valence-electron chi connectivity index (χ1n) is 6.23. The van der Waals surface area contributed by atoms with Crippen molar-refractivity contribution in [1.29, 1.82) is 5.26 Å². The number of carbonyl (C=O) groups excluding carboxylic acids is 1. The summed E-state index contributed by atoms with van der Waals surface area (Å²) in [5.41, 5.74) is 6.71. The quantitative estimate of drug-likeness (QED) is 0.818. The van der Waals surface area contributed by atoms with E-state index in [1.165, 1.54) is 11.0 Å². The van der Waals surface area contributed by atoms with Gasteiger partial charge in [-0.05, 0) is 24.6 Å². The van der Waals surface area contributed by atoms with E-state index in [1.807, 2.05) is 6.07 Å². The average molecular weight is 305 g/mol. The largest absolute Gasteiger partial charge is 0.397 e. The van der Waals surface area contributed by atoms with Crippen LogP contribution in [0.1, 0.15) is 18.7 Å². The molecule has 3 N–H and O–H groups in total. The van der Waals surface area contributed by atoms with Crippen LogP contribution in [0.2, 0.25) is 5.02 Å². The second kappa shape index (κ2) is 6.72. The Labute approximate surface area is 126 Å². The molecule has 1 amide bonds. The van der Waals surface area contributed by atoms with Gasteiger partial charge in [-0.25, -0.2) is 4.98 Å². The van der Waals surface area contributed by atoms with Gasteiger partial charge in [-0.2, -0.15) is 5.26 Å². The third-order valence-electron chi connectivity index (χ3n) is 2.72. The molecule has 8 heteroatoms. The number of nitrogens with zero attached hydrogens (tertiary/aromatic N) is 4. The molecule has 1 aromatic heterocycles. The lowest BCUT2D eigenvalue weighted by Gasteiger charge is -2.08. The Hall–Kier alpha value is -2.59. The van der Waals surface area contributed by atoms with E-state index in [0.717, 1.165) is 0 Å². The van der Waals surface area contributed by atoms with Crippen LogP contribution in [-0.2, 0) is 11.3 Å². The standard InChI is InChI=1S/C13H13ClN6O/c14-9-3-4-10(16)11(6-9)18-13(21)2-1-5-20-8-17-12(7-15)19-20/h3-4,6,8H,1-2,5,16H2,(H,18,21). The molecule has 7 nitrogen and oxygen atoms in total. The lowest BCUT2D eigenvalue weighted by atomic mass is 10.2. The van der Waals surface area contributed by atoms with E-state index in [1.54, 1.807) is 18.2 Å². The molecule has 1 heterocycles. The van der Waals surface area contributed by atoms with Crippen molar-refractivity contribution in [3.63, 3.8) is 0 Å². The van der Waals surface area contributed by atoms with Crippen LogP contribution in [-0.4, -0.2) is 20.7 Å². The van der Waals surface area contributed by atoms with E-state index in [2.05, 4.69) is 15.4 Å². The molecular formula is C13H13ClN6O. The number of nitrogens with one attached hydrogen (secondary N) is 1. The molecule has 0 aliphatic rings. The number of halogens is 1. The predicted molar refractivity (Wildman–Crippen MR) is 78.5 cm³/mol. The molecule has 1 aromatic carbocycles. The summed E-state index contributed by atoms with van der Waals surface area (Å²) in [4.78, 5) is 15.6. The number of nitrogen functional groups attached to an aromatic ring is 1. The van der Waals surface area contributed by atoms with Crippen LogP contribution in [0.15, 0.2) is 24.5 Å². The van der Waals surface area contributed by atoms with Crippen molar-refractivity contribution in [2.75, 3.05) is 11.1 Å². The molecule has 0 aliphatic heterocycles. The minimum atomic E-state index is -0.162. The first-order valence-corrected chi connectivity index (χ1v) is 6.60. The van der Waals surface area contributed by atoms with Gasteiger partial charge in [0, 0.05) is 18.0 Å². The van der Waals surface area contributed by atoms with E-state index in [-0.39, 0.29) is 11.7 Å². The molecule has 2 rings (SSSR count). The molecule has 0 bridgehead atoms. The van der Waals surface area contributed by atoms with Gasteiger partial charge in [0.2, 0.25) is 5.91 Å². The van der Waals surface area contributed by atoms with Crippen molar-refractivity contribution in [1.82, 2.24) is 14.8 Å². The SMILES string of the molecule is N#Cc1ncn(CCCC(=O)Nc2cc(Cl)ccc2N)n1. The predicted octanol–water partition coefficient (Wildman–Crippen LogP) is 1.80. The number of benzene rings is 1. The fourth-order valence-electron chi connectivity index (χ4n) is 1.70. The minimum absolute atomic E-state index is 0.117. The summed E-state index contributed by atoms with van der Waals surface area (Å²) < 4.78 is 1.53. The van der Waals surface area contributed by atoms with E-state index >= 15 is 0 Å². The van der Waals surface area contributed by atoms with Gasteiger partial charge < -0.3 is 11.1 Å². The molecule has 0 spiro atoms. The van der Waals surface area contributed by atoms with Gasteiger partial charge in [0.05, 0.1) is 11.4 Å². The Morgan fingerprint density at radius 3 is 3.05 bits per heavy atom. The highest BCUT2D eigenvalue weighted by Gasteiger charge is 2.06. The molecule has 0 atom stereocenters. The van der Waals surface area contributed by atoms with Crippen LogP contribution < -0.4 is 11.1 Å². The highest BCUT2D eigenvalue weighted by atomic mass is 35.5. The molecular weight excluding hydrogens is 292 g/mol. The molecule has 0 saturated heterocycles. The summed E-state index contributed by atoms with van der Waals surface area (Å²) in [6, 6.07) is 6.74. The van der Waals surface area contributed by atoms with Crippen molar-refractivity contribution in [3.8, 4) is 6.07 Å². The summed E-state index contributed by atoms with van der Waals surface area (Å²) in [6.07, 6.45) is 2.33. The summed E-state index contributed by atoms with van der Waals surface area (Å²) >= 11 is 5.85. The number of nitrogens with two attached hydrogens (primary N) is 1. The molecule has 108 valence electrons. The van der Waals surface area contributed by atoms with Crippen LogP contribution in [0.25, 0.3) is 0 Å². The van der Waals surface area contributed by atoms with Gasteiger partial charge in [0.15, 0.2) is 0 Å². The van der Waals surface area contributed by atoms with Gasteiger partial charge >= 0.3 is 0 Å². The monoisotopic (exact) mass is 304 g/mol. The Morgan fingerprint density at radius 2 is 2.33 bits per heavy atom. The number of anilines is 2. The Balaban J connectivity index is 1.82. The van der Waals surface area contributed by atoms with Crippen molar-refractivity contribution >= 4 is 28.9 Å². The van der Waals surface area contributed by atoms with Crippen LogP contribution in [0.3, 0.4) is 0 Å². The first kappa shape index (κ1) is 14.8. The lowest BCUT2D eigenvalue weighted by molar-refractivity contribution is -0.116. The topological polar surface area (TPSA) is 110 Å². The van der Waals surface area contributed by atoms with Gasteiger partial charge in [-0.3, -0.25) is 9.48 Å². The molecule has 0 fully saturated rings. The summed E-state index contributed by atoms with van der Waals surface area (Å²) in [7, 11) is 0. The first-order chi connectivity index (χ1) is 10.1. The number of aryl methyl sites for hydroxylation is 1. The maximum Gasteiger partial charge on any atom is 0.252 e. The molecule has 0 unspecified atom stereocenters. The molecule has 2 aromatic rings. The van der Waals surface area contributed by atoms with Crippen LogP contribution in [0.4, 0.5) is 11.4 Å². The van der Waals surface area contributed by atoms with Crippen LogP contribution >= 0.6 is 11.6 Å². The summed E-state index contributed by atoms with van der Waals surface area (Å²) in [5.74, 6) is -0.0456. The lowest BCUT2D eigenvalue weighted by Crippen LogP contribution is -2.13. The Morgan fingerprint density at radius 1 is 1.52 bits per heavy atom. The van der Waals surface area contributed by atoms with E-state index in [0.29, 0.717) is 35.8 Å². The third-order valence-corrected chi connectivity index (χ3v) is 2.95. The zero-order chi connectivity index (χ0) is 15.2. The minimum Gasteiger partial charge on any atom is -0.397 e. The average Bonchev–Trinajstić information content (AvgIpc) is 2.91. The highest BCUT2D eigenvalue weighted by molar-refractivity contribution is 6.31. The Bertz CT molecular complexity index is 690. The number of nitriles is 1. The molecule has 0 radical (unpaired) electrons. The van der Waals surface area contributed by atoms with Crippen LogP contribution in [0.5, 0.6) is 0 Å². The van der Waals surface area contributed by atoms with Gasteiger partial charge in [0.1, 0.15) is 12.4 Å². The summed E-state index contributed by atoms with van der Waals surface area (Å²) in [6.45, 7) is 0.507. The second-order valence-electron chi connectivity index (χ2n) is 4.33. The van der Waals surface area contributed by atoms with Gasteiger partial charge in [0.25, 0.3) is 5.82 Å². The van der Waals surface area contributed by atoms with Gasteiger partial charge in [-0.1, -0.05) is 11.6 Å². The third kappa shape index (κ3) is 4.19.